The molecule has 0 radical (unpaired) electrons. The fraction of sp³-hybridized carbons (Fsp3) is 0.538. The van der Waals surface area contributed by atoms with Gasteiger partial charge in [-0.3, -0.25) is 5.32 Å². The molecule has 2 aromatic rings. The fourth-order valence-corrected chi connectivity index (χ4v) is 5.33. The minimum atomic E-state index is -1.09. The zero-order valence-electron chi connectivity index (χ0n) is 20.1. The third-order valence-electron chi connectivity index (χ3n) is 6.94. The maximum absolute atomic E-state index is 6.83. The van der Waals surface area contributed by atoms with Crippen molar-refractivity contribution in [3.8, 4) is 5.75 Å². The highest BCUT2D eigenvalue weighted by molar-refractivity contribution is 5.44. The number of rotatable bonds is 3. The molecule has 0 aromatic heterocycles. The van der Waals surface area contributed by atoms with Crippen LogP contribution in [0.2, 0.25) is 0 Å². The zero-order chi connectivity index (χ0) is 23.0. The monoisotopic (exact) mass is 438 g/mol. The molecule has 5 rings (SSSR count). The van der Waals surface area contributed by atoms with Crippen molar-refractivity contribution >= 4 is 0 Å². The van der Waals surface area contributed by atoms with Gasteiger partial charge in [-0.1, -0.05) is 42.5 Å². The highest BCUT2D eigenvalue weighted by Crippen LogP contribution is 2.72. The van der Waals surface area contributed by atoms with E-state index < -0.39 is 17.1 Å². The van der Waals surface area contributed by atoms with Gasteiger partial charge in [-0.15, -0.1) is 0 Å². The second-order valence-corrected chi connectivity index (χ2v) is 10.9. The number of fused-ring (bicyclic) bond motifs is 2. The molecule has 32 heavy (non-hydrogen) atoms. The molecule has 3 saturated heterocycles. The van der Waals surface area contributed by atoms with E-state index in [-0.39, 0.29) is 17.1 Å². The molecule has 4 atom stereocenters. The number of hydroxylamine groups is 2. The van der Waals surface area contributed by atoms with E-state index in [4.69, 9.17) is 19.0 Å². The van der Waals surface area contributed by atoms with Gasteiger partial charge < -0.3 is 14.2 Å². The summed E-state index contributed by atoms with van der Waals surface area (Å²) >= 11 is 0. The molecule has 0 aliphatic carbocycles. The van der Waals surface area contributed by atoms with Crippen molar-refractivity contribution < 1.29 is 19.0 Å². The van der Waals surface area contributed by atoms with E-state index in [0.29, 0.717) is 6.61 Å². The molecular formula is C26H34N2O4. The van der Waals surface area contributed by atoms with E-state index in [1.807, 2.05) is 18.2 Å². The Labute approximate surface area is 190 Å². The lowest BCUT2D eigenvalue weighted by atomic mass is 9.74. The number of nitrogens with one attached hydrogen (secondary N) is 1. The standard InChI is InChI=1S/C26H34N2O4/c1-22(2,3)28-21(18-13-15-20(29-7)16-14-18)25(19-11-9-8-10-12-19)24(6,31-25)26(32-28)27-23(4,5)17-30-26/h8-16,21,27H,17H2,1-7H3/t21-,24-,25-,26+/m0/s1. The van der Waals surface area contributed by atoms with Gasteiger partial charge in [0.2, 0.25) is 0 Å². The van der Waals surface area contributed by atoms with Crippen molar-refractivity contribution in [2.24, 2.45) is 0 Å². The molecule has 3 fully saturated rings. The molecule has 3 aliphatic heterocycles. The van der Waals surface area contributed by atoms with Crippen LogP contribution in [0.1, 0.15) is 58.7 Å². The number of ether oxygens (including phenoxy) is 3. The lowest BCUT2D eigenvalue weighted by Crippen LogP contribution is -2.70. The van der Waals surface area contributed by atoms with Crippen LogP contribution in [-0.2, 0) is 19.9 Å². The number of nitrogens with zero attached hydrogens (tertiary/aromatic N) is 1. The lowest BCUT2D eigenvalue weighted by Gasteiger charge is -2.52. The Bertz CT molecular complexity index is 1000. The Balaban J connectivity index is 1.72. The molecule has 0 saturated carbocycles. The quantitative estimate of drug-likeness (QED) is 0.711. The van der Waals surface area contributed by atoms with Gasteiger partial charge in [0.05, 0.1) is 19.8 Å². The van der Waals surface area contributed by atoms with Gasteiger partial charge in [0, 0.05) is 11.1 Å². The molecule has 6 nitrogen and oxygen atoms in total. The minimum absolute atomic E-state index is 0.194. The summed E-state index contributed by atoms with van der Waals surface area (Å²) in [7, 11) is 1.68. The second-order valence-electron chi connectivity index (χ2n) is 10.9. The molecule has 1 spiro atoms. The van der Waals surface area contributed by atoms with Crippen LogP contribution in [0.15, 0.2) is 54.6 Å². The molecule has 172 valence electrons. The summed E-state index contributed by atoms with van der Waals surface area (Å²) in [4.78, 5) is 6.81. The Kier molecular flexibility index (Phi) is 4.63. The number of hydrogen-bond acceptors (Lipinski definition) is 6. The molecule has 3 aliphatic rings. The molecule has 0 bridgehead atoms. The molecule has 3 heterocycles. The maximum Gasteiger partial charge on any atom is 0.278 e. The van der Waals surface area contributed by atoms with Gasteiger partial charge in [-0.2, -0.15) is 5.06 Å². The summed E-state index contributed by atoms with van der Waals surface area (Å²) in [6, 6.07) is 18.4. The van der Waals surface area contributed by atoms with E-state index in [9.17, 15) is 0 Å². The van der Waals surface area contributed by atoms with Gasteiger partial charge in [0.25, 0.3) is 5.91 Å². The van der Waals surface area contributed by atoms with E-state index in [2.05, 4.69) is 88.3 Å². The third kappa shape index (κ3) is 2.90. The smallest absolute Gasteiger partial charge is 0.278 e. The molecule has 1 N–H and O–H groups in total. The predicted octanol–water partition coefficient (Wildman–Crippen LogP) is 4.52. The van der Waals surface area contributed by atoms with Gasteiger partial charge in [-0.05, 0) is 64.8 Å². The van der Waals surface area contributed by atoms with E-state index in [0.717, 1.165) is 16.9 Å². The van der Waals surface area contributed by atoms with Crippen molar-refractivity contribution in [3.05, 3.63) is 65.7 Å². The van der Waals surface area contributed by atoms with Crippen LogP contribution in [0.5, 0.6) is 5.75 Å². The van der Waals surface area contributed by atoms with Gasteiger partial charge >= 0.3 is 0 Å². The Morgan fingerprint density at radius 3 is 2.19 bits per heavy atom. The van der Waals surface area contributed by atoms with Crippen LogP contribution in [0.25, 0.3) is 0 Å². The molecular weight excluding hydrogens is 404 g/mol. The van der Waals surface area contributed by atoms with Gasteiger partial charge in [0.1, 0.15) is 5.75 Å². The van der Waals surface area contributed by atoms with Gasteiger partial charge in [0.15, 0.2) is 11.2 Å². The average Bonchev–Trinajstić information content (AvgIpc) is 3.29. The van der Waals surface area contributed by atoms with Crippen molar-refractivity contribution in [2.45, 2.75) is 75.8 Å². The fourth-order valence-electron chi connectivity index (χ4n) is 5.33. The van der Waals surface area contributed by atoms with E-state index in [1.54, 1.807) is 7.11 Å². The van der Waals surface area contributed by atoms with Crippen molar-refractivity contribution in [1.82, 2.24) is 10.4 Å². The SMILES string of the molecule is COc1ccc([C@@H]2N(C(C)(C)C)O[C@@]3(NC(C)(C)CO3)[C@@]3(C)O[C@@]23c2ccccc2)cc1. The normalized spacial score (nSPS) is 36.2. The first-order valence-electron chi connectivity index (χ1n) is 11.3. The number of methoxy groups -OCH3 is 1. The van der Waals surface area contributed by atoms with Crippen molar-refractivity contribution in [3.63, 3.8) is 0 Å². The van der Waals surface area contributed by atoms with Crippen molar-refractivity contribution in [1.29, 1.82) is 0 Å². The topological polar surface area (TPSA) is 55.5 Å². The summed E-state index contributed by atoms with van der Waals surface area (Å²) < 4.78 is 18.7. The lowest BCUT2D eigenvalue weighted by molar-refractivity contribution is -0.411. The van der Waals surface area contributed by atoms with Crippen LogP contribution in [-0.4, -0.2) is 41.4 Å². The predicted molar refractivity (Wildman–Crippen MR) is 122 cm³/mol. The van der Waals surface area contributed by atoms with Crippen molar-refractivity contribution in [2.75, 3.05) is 13.7 Å². The van der Waals surface area contributed by atoms with E-state index >= 15 is 0 Å². The Hall–Kier alpha value is -1.96. The Morgan fingerprint density at radius 2 is 1.66 bits per heavy atom. The summed E-state index contributed by atoms with van der Waals surface area (Å²) in [6.45, 7) is 13.3. The molecule has 0 unspecified atom stereocenters. The van der Waals surface area contributed by atoms with Gasteiger partial charge in [-0.25, -0.2) is 4.84 Å². The Morgan fingerprint density at radius 1 is 1.00 bits per heavy atom. The third-order valence-corrected chi connectivity index (χ3v) is 6.94. The summed E-state index contributed by atoms with van der Waals surface area (Å²) in [6.07, 6.45) is 0. The summed E-state index contributed by atoms with van der Waals surface area (Å²) in [5, 5.41) is 5.69. The number of hydrogen-bond donors (Lipinski definition) is 1. The first-order valence-corrected chi connectivity index (χ1v) is 11.3. The van der Waals surface area contributed by atoms with Crippen LogP contribution < -0.4 is 10.1 Å². The maximum atomic E-state index is 6.83. The second kappa shape index (κ2) is 6.78. The highest BCUT2D eigenvalue weighted by atomic mass is 16.9. The van der Waals surface area contributed by atoms with Crippen LogP contribution in [0.3, 0.4) is 0 Å². The molecule has 2 aromatic carbocycles. The summed E-state index contributed by atoms with van der Waals surface area (Å²) in [5.41, 5.74) is 0.234. The highest BCUT2D eigenvalue weighted by Gasteiger charge is 2.87. The number of benzene rings is 2. The first-order chi connectivity index (χ1) is 15.0. The molecule has 0 amide bonds. The summed E-state index contributed by atoms with van der Waals surface area (Å²) in [5.74, 6) is -0.275. The molecule has 6 heteroatoms. The van der Waals surface area contributed by atoms with Crippen LogP contribution >= 0.6 is 0 Å². The minimum Gasteiger partial charge on any atom is -0.497 e. The zero-order valence-corrected chi connectivity index (χ0v) is 20.1. The first kappa shape index (κ1) is 21.9. The van der Waals surface area contributed by atoms with Crippen LogP contribution in [0.4, 0.5) is 0 Å². The van der Waals surface area contributed by atoms with E-state index in [1.165, 1.54) is 0 Å². The van der Waals surface area contributed by atoms with Crippen LogP contribution in [0, 0.1) is 0 Å². The average molecular weight is 439 g/mol. The number of epoxide rings is 1. The largest absolute Gasteiger partial charge is 0.497 e.